The zero-order chi connectivity index (χ0) is 24.9. The Kier molecular flexibility index (Phi) is 7.70. The maximum absolute atomic E-state index is 12.6. The number of rotatable bonds is 8. The maximum Gasteiger partial charge on any atom is 0.269 e. The first-order chi connectivity index (χ1) is 16.8. The van der Waals surface area contributed by atoms with Gasteiger partial charge in [0.25, 0.3) is 11.6 Å². The third kappa shape index (κ3) is 6.00. The van der Waals surface area contributed by atoms with E-state index >= 15 is 0 Å². The van der Waals surface area contributed by atoms with Crippen LogP contribution in [0, 0.1) is 17.0 Å². The third-order valence-corrected chi connectivity index (χ3v) is 6.60. The summed E-state index contributed by atoms with van der Waals surface area (Å²) in [4.78, 5) is 23.0. The number of nitro groups is 1. The van der Waals surface area contributed by atoms with Crippen LogP contribution in [0.15, 0.2) is 71.9 Å². The fraction of sp³-hybridized carbons (Fsp3) is 0.125. The highest BCUT2D eigenvalue weighted by Crippen LogP contribution is 2.31. The van der Waals surface area contributed by atoms with Gasteiger partial charge in [-0.05, 0) is 42.8 Å². The molecule has 1 aromatic heterocycles. The van der Waals surface area contributed by atoms with Gasteiger partial charge in [0.15, 0.2) is 11.0 Å². The van der Waals surface area contributed by atoms with Crippen LogP contribution in [0.4, 0.5) is 5.69 Å². The molecule has 1 N–H and O–H groups in total. The van der Waals surface area contributed by atoms with E-state index < -0.39 is 10.8 Å². The van der Waals surface area contributed by atoms with Crippen LogP contribution in [0.5, 0.6) is 0 Å². The van der Waals surface area contributed by atoms with Crippen LogP contribution in [-0.2, 0) is 12.3 Å². The van der Waals surface area contributed by atoms with Gasteiger partial charge in [-0.1, -0.05) is 64.8 Å². The molecule has 178 valence electrons. The number of benzene rings is 3. The lowest BCUT2D eigenvalue weighted by atomic mass is 10.2. The molecule has 1 amide bonds. The van der Waals surface area contributed by atoms with Crippen molar-refractivity contribution in [3.8, 4) is 5.69 Å². The minimum absolute atomic E-state index is 0.0523. The van der Waals surface area contributed by atoms with Crippen molar-refractivity contribution in [1.29, 1.82) is 0 Å². The molecule has 3 aromatic carbocycles. The summed E-state index contributed by atoms with van der Waals surface area (Å²) in [6, 6.07) is 18.6. The maximum atomic E-state index is 12.6. The number of carbonyl (C=O) groups excluding carboxylic acids is 1. The lowest BCUT2D eigenvalue weighted by Crippen LogP contribution is -2.24. The molecule has 0 saturated heterocycles. The van der Waals surface area contributed by atoms with Crippen LogP contribution < -0.4 is 5.32 Å². The molecule has 0 aliphatic heterocycles. The Balaban J connectivity index is 1.59. The van der Waals surface area contributed by atoms with Crippen molar-refractivity contribution in [2.24, 2.45) is 0 Å². The van der Waals surface area contributed by atoms with E-state index in [0.29, 0.717) is 32.5 Å². The number of nitrogens with one attached hydrogen (secondary N) is 1. The van der Waals surface area contributed by atoms with Crippen LogP contribution >= 0.6 is 35.0 Å². The van der Waals surface area contributed by atoms with Gasteiger partial charge in [-0.25, -0.2) is 0 Å². The van der Waals surface area contributed by atoms with Gasteiger partial charge in [0.2, 0.25) is 0 Å². The highest BCUT2D eigenvalue weighted by molar-refractivity contribution is 7.98. The van der Waals surface area contributed by atoms with Crippen LogP contribution in [0.2, 0.25) is 10.0 Å². The van der Waals surface area contributed by atoms with Crippen molar-refractivity contribution in [3.63, 3.8) is 0 Å². The van der Waals surface area contributed by atoms with E-state index in [-0.39, 0.29) is 17.8 Å². The summed E-state index contributed by atoms with van der Waals surface area (Å²) in [7, 11) is 0. The molecule has 1 heterocycles. The number of thioether (sulfide) groups is 1. The minimum Gasteiger partial charge on any atom is -0.345 e. The number of halogens is 2. The molecule has 0 fully saturated rings. The fourth-order valence-corrected chi connectivity index (χ4v) is 4.63. The zero-order valence-electron chi connectivity index (χ0n) is 18.4. The molecule has 35 heavy (non-hydrogen) atoms. The molecule has 0 aliphatic carbocycles. The molecular weight excluding hydrogens is 509 g/mol. The van der Waals surface area contributed by atoms with E-state index in [0.717, 1.165) is 11.1 Å². The average Bonchev–Trinajstić information content (AvgIpc) is 3.25. The number of nitrogens with zero attached hydrogens (tertiary/aromatic N) is 4. The Bertz CT molecular complexity index is 1390. The molecule has 0 atom stereocenters. The average molecular weight is 528 g/mol. The number of aromatic nitrogens is 3. The number of carbonyl (C=O) groups is 1. The van der Waals surface area contributed by atoms with Gasteiger partial charge in [-0.15, -0.1) is 10.2 Å². The van der Waals surface area contributed by atoms with E-state index in [1.54, 1.807) is 22.8 Å². The second-order valence-electron chi connectivity index (χ2n) is 7.59. The predicted octanol–water partition coefficient (Wildman–Crippen LogP) is 6.01. The van der Waals surface area contributed by atoms with E-state index in [2.05, 4.69) is 21.6 Å². The SMILES string of the molecule is Cc1cccc(CSc2nnc(CNC(=O)c3ccc([N+](=O)[O-])cc3)n2-c2cc(Cl)ccc2Cl)c1. The van der Waals surface area contributed by atoms with E-state index in [9.17, 15) is 14.9 Å². The summed E-state index contributed by atoms with van der Waals surface area (Å²) in [5.41, 5.74) is 3.09. The fourth-order valence-electron chi connectivity index (χ4n) is 3.35. The van der Waals surface area contributed by atoms with Crippen LogP contribution in [0.25, 0.3) is 5.69 Å². The lowest BCUT2D eigenvalue weighted by molar-refractivity contribution is -0.384. The van der Waals surface area contributed by atoms with Gasteiger partial charge in [0.05, 0.1) is 22.2 Å². The van der Waals surface area contributed by atoms with Crippen molar-refractivity contribution < 1.29 is 9.72 Å². The summed E-state index contributed by atoms with van der Waals surface area (Å²) in [5.74, 6) is 0.712. The molecule has 8 nitrogen and oxygen atoms in total. The molecule has 0 bridgehead atoms. The Morgan fingerprint density at radius 3 is 2.57 bits per heavy atom. The number of hydrogen-bond acceptors (Lipinski definition) is 6. The third-order valence-electron chi connectivity index (χ3n) is 5.05. The van der Waals surface area contributed by atoms with Crippen molar-refractivity contribution in [2.75, 3.05) is 0 Å². The van der Waals surface area contributed by atoms with E-state index in [1.807, 2.05) is 25.1 Å². The highest BCUT2D eigenvalue weighted by atomic mass is 35.5. The smallest absolute Gasteiger partial charge is 0.269 e. The molecule has 11 heteroatoms. The van der Waals surface area contributed by atoms with E-state index in [4.69, 9.17) is 23.2 Å². The van der Waals surface area contributed by atoms with E-state index in [1.165, 1.54) is 36.0 Å². The Labute approximate surface area is 215 Å². The lowest BCUT2D eigenvalue weighted by Gasteiger charge is -2.13. The largest absolute Gasteiger partial charge is 0.345 e. The van der Waals surface area contributed by atoms with Gasteiger partial charge in [0, 0.05) is 28.5 Å². The molecule has 4 rings (SSSR count). The highest BCUT2D eigenvalue weighted by Gasteiger charge is 2.19. The first-order valence-electron chi connectivity index (χ1n) is 10.4. The summed E-state index contributed by atoms with van der Waals surface area (Å²) >= 11 is 14.2. The van der Waals surface area contributed by atoms with Crippen molar-refractivity contribution in [3.05, 3.63) is 109 Å². The van der Waals surface area contributed by atoms with Crippen molar-refractivity contribution >= 4 is 46.6 Å². The number of aryl methyl sites for hydroxylation is 1. The van der Waals surface area contributed by atoms with Gasteiger partial charge in [-0.3, -0.25) is 19.5 Å². The molecule has 0 aliphatic rings. The van der Waals surface area contributed by atoms with Gasteiger partial charge in [0.1, 0.15) is 0 Å². The second-order valence-corrected chi connectivity index (χ2v) is 9.38. The van der Waals surface area contributed by atoms with Crippen molar-refractivity contribution in [2.45, 2.75) is 24.4 Å². The number of hydrogen-bond donors (Lipinski definition) is 1. The van der Waals surface area contributed by atoms with Gasteiger partial charge >= 0.3 is 0 Å². The minimum atomic E-state index is -0.519. The summed E-state index contributed by atoms with van der Waals surface area (Å²) < 4.78 is 1.77. The molecular formula is C24H19Cl2N5O3S. The summed E-state index contributed by atoms with van der Waals surface area (Å²) in [6.07, 6.45) is 0. The normalized spacial score (nSPS) is 10.8. The monoisotopic (exact) mass is 527 g/mol. The first kappa shape index (κ1) is 24.7. The van der Waals surface area contributed by atoms with Crippen LogP contribution in [-0.4, -0.2) is 25.6 Å². The molecule has 0 spiro atoms. The molecule has 0 saturated carbocycles. The molecule has 0 unspecified atom stereocenters. The van der Waals surface area contributed by atoms with Gasteiger partial charge < -0.3 is 5.32 Å². The standard InChI is InChI=1S/C24H19Cl2N5O3S/c1-15-3-2-4-16(11-15)14-35-24-29-28-22(30(24)21-12-18(25)7-10-20(21)26)13-27-23(32)17-5-8-19(9-6-17)31(33)34/h2-12H,13-14H2,1H3,(H,27,32). The Hall–Kier alpha value is -3.40. The summed E-state index contributed by atoms with van der Waals surface area (Å²) in [6.45, 7) is 2.09. The van der Waals surface area contributed by atoms with Crippen LogP contribution in [0.3, 0.4) is 0 Å². The number of amides is 1. The number of nitro benzene ring substituents is 1. The molecule has 4 aromatic rings. The Morgan fingerprint density at radius 2 is 1.86 bits per heavy atom. The molecule has 0 radical (unpaired) electrons. The van der Waals surface area contributed by atoms with Gasteiger partial charge in [-0.2, -0.15) is 0 Å². The topological polar surface area (TPSA) is 103 Å². The summed E-state index contributed by atoms with van der Waals surface area (Å²) in [5, 5.41) is 23.8. The Morgan fingerprint density at radius 1 is 1.09 bits per heavy atom. The number of non-ortho nitro benzene ring substituents is 1. The van der Waals surface area contributed by atoms with Crippen molar-refractivity contribution in [1.82, 2.24) is 20.1 Å². The quantitative estimate of drug-likeness (QED) is 0.171. The second kappa shape index (κ2) is 10.9. The zero-order valence-corrected chi connectivity index (χ0v) is 20.8. The first-order valence-corrected chi connectivity index (χ1v) is 12.2. The predicted molar refractivity (Wildman–Crippen MR) is 136 cm³/mol. The van der Waals surface area contributed by atoms with Crippen LogP contribution in [0.1, 0.15) is 27.3 Å².